The molecule has 2 aromatic carbocycles. The molecule has 1 saturated heterocycles. The number of hydrogen-bond donors (Lipinski definition) is 2. The summed E-state index contributed by atoms with van der Waals surface area (Å²) in [6, 6.07) is 12.3. The number of carboxylic acids is 1. The van der Waals surface area contributed by atoms with Crippen molar-refractivity contribution in [3.8, 4) is 5.75 Å². The van der Waals surface area contributed by atoms with E-state index < -0.39 is 23.3 Å². The number of piperidine rings is 1. The van der Waals surface area contributed by atoms with Crippen LogP contribution in [0.25, 0.3) is 0 Å². The Labute approximate surface area is 272 Å². The summed E-state index contributed by atoms with van der Waals surface area (Å²) in [6.07, 6.45) is -2.86. The number of methoxy groups -OCH3 is 1. The van der Waals surface area contributed by atoms with Crippen LogP contribution in [0.1, 0.15) is 67.5 Å². The summed E-state index contributed by atoms with van der Waals surface area (Å²) >= 11 is 0. The van der Waals surface area contributed by atoms with Gasteiger partial charge in [-0.25, -0.2) is 14.8 Å². The van der Waals surface area contributed by atoms with Crippen LogP contribution in [0, 0.1) is 0 Å². The number of aryl methyl sites for hydroxylation is 2. The van der Waals surface area contributed by atoms with E-state index in [9.17, 15) is 27.9 Å². The van der Waals surface area contributed by atoms with Gasteiger partial charge in [0.05, 0.1) is 30.5 Å². The van der Waals surface area contributed by atoms with Gasteiger partial charge in [0.1, 0.15) is 11.4 Å². The number of carboxylic acid groups (broad SMARTS) is 1. The van der Waals surface area contributed by atoms with Crippen molar-refractivity contribution in [1.82, 2.24) is 14.9 Å². The average Bonchev–Trinajstić information content (AvgIpc) is 2.95. The van der Waals surface area contributed by atoms with Gasteiger partial charge in [-0.1, -0.05) is 30.3 Å². The molecule has 13 heteroatoms. The summed E-state index contributed by atoms with van der Waals surface area (Å²) < 4.78 is 52.6. The number of ether oxygens (including phenoxy) is 2. The van der Waals surface area contributed by atoms with Gasteiger partial charge in [0.2, 0.25) is 5.95 Å². The van der Waals surface area contributed by atoms with E-state index in [-0.39, 0.29) is 61.8 Å². The number of aromatic nitrogens is 2. The van der Waals surface area contributed by atoms with E-state index in [1.165, 1.54) is 7.11 Å². The minimum atomic E-state index is -4.66. The molecule has 0 radical (unpaired) electrons. The number of alkyl halides is 3. The molecule has 3 aromatic rings. The fourth-order valence-corrected chi connectivity index (χ4v) is 5.20. The van der Waals surface area contributed by atoms with Crippen molar-refractivity contribution in [2.45, 2.75) is 70.6 Å². The fourth-order valence-electron chi connectivity index (χ4n) is 5.20. The minimum absolute atomic E-state index is 0. The van der Waals surface area contributed by atoms with Gasteiger partial charge in [0.25, 0.3) is 0 Å². The summed E-state index contributed by atoms with van der Waals surface area (Å²) in [5.41, 5.74) is 0.984. The zero-order valence-corrected chi connectivity index (χ0v) is 25.2. The van der Waals surface area contributed by atoms with Gasteiger partial charge in [-0.05, 0) is 81.2 Å². The van der Waals surface area contributed by atoms with Gasteiger partial charge in [0, 0.05) is 19.3 Å². The molecule has 1 aliphatic rings. The summed E-state index contributed by atoms with van der Waals surface area (Å²) in [5, 5.41) is 12.2. The van der Waals surface area contributed by atoms with Crippen LogP contribution >= 0.6 is 0 Å². The van der Waals surface area contributed by atoms with Crippen LogP contribution in [0.15, 0.2) is 48.7 Å². The Morgan fingerprint density at radius 3 is 2.31 bits per heavy atom. The van der Waals surface area contributed by atoms with E-state index in [2.05, 4.69) is 15.3 Å². The number of nitrogens with zero attached hydrogens (tertiary/aromatic N) is 3. The van der Waals surface area contributed by atoms with Gasteiger partial charge in [-0.15, -0.1) is 0 Å². The number of aliphatic carboxylic acids is 1. The number of nitrogens with one attached hydrogen (secondary N) is 1. The van der Waals surface area contributed by atoms with Gasteiger partial charge < -0.3 is 24.8 Å². The quantitative estimate of drug-likeness (QED) is 0.274. The van der Waals surface area contributed by atoms with Crippen LogP contribution in [0.2, 0.25) is 0 Å². The second-order valence-electron chi connectivity index (χ2n) is 11.7. The number of benzene rings is 2. The van der Waals surface area contributed by atoms with Crippen LogP contribution in [-0.2, 0) is 35.0 Å². The van der Waals surface area contributed by atoms with E-state index in [0.29, 0.717) is 35.7 Å². The maximum atomic E-state index is 13.8. The topological polar surface area (TPSA) is 114 Å². The normalized spacial score (nSPS) is 14.0. The molecular weight excluding hydrogens is 584 g/mol. The molecule has 0 spiro atoms. The van der Waals surface area contributed by atoms with Crippen LogP contribution < -0.4 is 10.1 Å². The molecule has 2 heterocycles. The molecule has 0 saturated carbocycles. The molecule has 238 valence electrons. The Morgan fingerprint density at radius 2 is 1.71 bits per heavy atom. The second-order valence-corrected chi connectivity index (χ2v) is 11.7. The van der Waals surface area contributed by atoms with E-state index in [4.69, 9.17) is 9.47 Å². The SMILES string of the molecule is COc1cc(C2CCN(C(=O)OC(C)(C)C)CC2)ccc1Nc1ncc(C(F)(F)F)c(CCc2ccccc2CC(=O)O)n1.[LiH]. The fraction of sp³-hybridized carbons (Fsp3) is 0.438. The molecule has 0 unspecified atom stereocenters. The monoisotopic (exact) mass is 622 g/mol. The predicted octanol–water partition coefficient (Wildman–Crippen LogP) is 6.13. The first-order chi connectivity index (χ1) is 20.7. The average molecular weight is 623 g/mol. The Kier molecular flexibility index (Phi) is 11.9. The number of anilines is 2. The number of amides is 1. The molecule has 9 nitrogen and oxygen atoms in total. The molecule has 4 rings (SSSR count). The van der Waals surface area contributed by atoms with Gasteiger partial charge in [0.15, 0.2) is 0 Å². The van der Waals surface area contributed by atoms with Crippen molar-refractivity contribution in [2.75, 3.05) is 25.5 Å². The van der Waals surface area contributed by atoms with E-state index >= 15 is 0 Å². The third-order valence-corrected chi connectivity index (χ3v) is 7.35. The van der Waals surface area contributed by atoms with Crippen molar-refractivity contribution in [3.05, 3.63) is 76.6 Å². The van der Waals surface area contributed by atoms with E-state index in [1.54, 1.807) is 35.2 Å². The third-order valence-electron chi connectivity index (χ3n) is 7.35. The molecule has 45 heavy (non-hydrogen) atoms. The van der Waals surface area contributed by atoms with Crippen molar-refractivity contribution in [1.29, 1.82) is 0 Å². The van der Waals surface area contributed by atoms with E-state index in [1.807, 2.05) is 32.9 Å². The summed E-state index contributed by atoms with van der Waals surface area (Å²) in [6.45, 7) is 6.62. The number of likely N-dealkylation sites (tertiary alicyclic amines) is 1. The van der Waals surface area contributed by atoms with Crippen molar-refractivity contribution in [2.24, 2.45) is 0 Å². The molecule has 0 atom stereocenters. The summed E-state index contributed by atoms with van der Waals surface area (Å²) in [7, 11) is 1.50. The number of carbonyl (C=O) groups is 2. The summed E-state index contributed by atoms with van der Waals surface area (Å²) in [5.74, 6) is -0.379. The molecule has 2 N–H and O–H groups in total. The number of carbonyl (C=O) groups excluding carboxylic acids is 1. The van der Waals surface area contributed by atoms with Gasteiger partial charge in [-0.3, -0.25) is 4.79 Å². The van der Waals surface area contributed by atoms with Crippen LogP contribution in [0.4, 0.5) is 29.6 Å². The molecular formula is C32H38F3LiN4O5. The molecule has 1 aliphatic heterocycles. The molecule has 0 aliphatic carbocycles. The van der Waals surface area contributed by atoms with Crippen LogP contribution in [0.3, 0.4) is 0 Å². The third kappa shape index (κ3) is 9.87. The predicted molar refractivity (Wildman–Crippen MR) is 165 cm³/mol. The molecule has 0 bridgehead atoms. The second kappa shape index (κ2) is 15.0. The van der Waals surface area contributed by atoms with Crippen molar-refractivity contribution in [3.63, 3.8) is 0 Å². The number of hydrogen-bond acceptors (Lipinski definition) is 7. The van der Waals surface area contributed by atoms with Crippen molar-refractivity contribution >= 4 is 42.6 Å². The van der Waals surface area contributed by atoms with Crippen LogP contribution in [0.5, 0.6) is 5.75 Å². The zero-order valence-electron chi connectivity index (χ0n) is 25.2. The first-order valence-corrected chi connectivity index (χ1v) is 14.4. The first-order valence-electron chi connectivity index (χ1n) is 14.4. The van der Waals surface area contributed by atoms with Crippen molar-refractivity contribution < 1.29 is 37.3 Å². The Morgan fingerprint density at radius 1 is 1.04 bits per heavy atom. The van der Waals surface area contributed by atoms with Crippen LogP contribution in [-0.4, -0.2) is 76.7 Å². The van der Waals surface area contributed by atoms with Gasteiger partial charge >= 0.3 is 37.1 Å². The number of rotatable bonds is 9. The Hall–Kier alpha value is -3.75. The standard InChI is InChI=1S/C32H37F3N4O5.Li.H/c1-31(2,3)44-30(42)39-15-13-21(14-16-39)23-10-12-26(27(17-23)43-4)38-29-36-19-24(32(33,34)35)25(37-29)11-9-20-7-5-6-8-22(20)18-28(40)41;;/h5-8,10,12,17,19,21H,9,11,13-16,18H2,1-4H3,(H,40,41)(H,36,37,38);;. The Bertz CT molecular complexity index is 1490. The van der Waals surface area contributed by atoms with E-state index in [0.717, 1.165) is 24.6 Å². The summed E-state index contributed by atoms with van der Waals surface area (Å²) in [4.78, 5) is 33.5. The number of halogens is 3. The molecule has 1 aromatic heterocycles. The zero-order chi connectivity index (χ0) is 32.1. The van der Waals surface area contributed by atoms with Gasteiger partial charge in [-0.2, -0.15) is 13.2 Å². The molecule has 1 amide bonds. The Balaban J connectivity index is 0.00000552. The maximum absolute atomic E-state index is 13.8. The first kappa shape index (κ1) is 35.7. The molecule has 1 fully saturated rings.